The highest BCUT2D eigenvalue weighted by Gasteiger charge is 2.38. The molecule has 7 heteroatoms. The zero-order chi connectivity index (χ0) is 20.4. The van der Waals surface area contributed by atoms with Crippen LogP contribution in [0, 0.1) is 0 Å². The molecule has 0 bridgehead atoms. The molecule has 7 nitrogen and oxygen atoms in total. The molecule has 2 aromatic carbocycles. The van der Waals surface area contributed by atoms with Crippen molar-refractivity contribution in [1.29, 1.82) is 0 Å². The van der Waals surface area contributed by atoms with Crippen LogP contribution in [-0.2, 0) is 13.0 Å². The molecule has 3 aromatic rings. The van der Waals surface area contributed by atoms with Crippen LogP contribution in [0.4, 0.5) is 10.5 Å². The van der Waals surface area contributed by atoms with E-state index in [4.69, 9.17) is 9.26 Å². The van der Waals surface area contributed by atoms with Gasteiger partial charge in [-0.25, -0.2) is 4.79 Å². The predicted octanol–water partition coefficient (Wildman–Crippen LogP) is 4.22. The number of ether oxygens (including phenoxy) is 1. The SMILES string of the molecule is COc1ccc(CNC(=O)N2c3ccccc3CC2c2nc(C(C)C)no2)cc1. The van der Waals surface area contributed by atoms with Crippen molar-refractivity contribution in [1.82, 2.24) is 15.5 Å². The van der Waals surface area contributed by atoms with Crippen LogP contribution >= 0.6 is 0 Å². The number of nitrogens with zero attached hydrogens (tertiary/aromatic N) is 3. The summed E-state index contributed by atoms with van der Waals surface area (Å²) < 4.78 is 10.7. The lowest BCUT2D eigenvalue weighted by molar-refractivity contribution is 0.242. The van der Waals surface area contributed by atoms with Crippen molar-refractivity contribution in [2.45, 2.75) is 38.8 Å². The summed E-state index contributed by atoms with van der Waals surface area (Å²) in [7, 11) is 1.63. The number of carbonyl (C=O) groups is 1. The zero-order valence-corrected chi connectivity index (χ0v) is 16.8. The van der Waals surface area contributed by atoms with Crippen molar-refractivity contribution < 1.29 is 14.1 Å². The maximum absolute atomic E-state index is 13.1. The van der Waals surface area contributed by atoms with Crippen LogP contribution < -0.4 is 15.0 Å². The molecule has 4 rings (SSSR count). The number of benzene rings is 2. The average molecular weight is 392 g/mol. The van der Waals surface area contributed by atoms with Gasteiger partial charge in [-0.2, -0.15) is 4.98 Å². The fraction of sp³-hybridized carbons (Fsp3) is 0.318. The number of rotatable bonds is 5. The number of hydrogen-bond acceptors (Lipinski definition) is 5. The summed E-state index contributed by atoms with van der Waals surface area (Å²) in [5.41, 5.74) is 2.94. The minimum atomic E-state index is -0.316. The molecule has 1 N–H and O–H groups in total. The van der Waals surface area contributed by atoms with E-state index in [-0.39, 0.29) is 18.0 Å². The average Bonchev–Trinajstić information content (AvgIpc) is 3.37. The molecule has 0 saturated heterocycles. The highest BCUT2D eigenvalue weighted by Crippen LogP contribution is 2.40. The standard InChI is InChI=1S/C22H24N4O3/c1-14(2)20-24-21(29-25-20)19-12-16-6-4-5-7-18(16)26(19)22(27)23-13-15-8-10-17(28-3)11-9-15/h4-11,14,19H,12-13H2,1-3H3,(H,23,27). The summed E-state index contributed by atoms with van der Waals surface area (Å²) in [6, 6.07) is 15.0. The number of para-hydroxylation sites is 1. The van der Waals surface area contributed by atoms with Crippen molar-refractivity contribution in [2.24, 2.45) is 0 Å². The molecule has 0 radical (unpaired) electrons. The Morgan fingerprint density at radius 1 is 1.24 bits per heavy atom. The van der Waals surface area contributed by atoms with Gasteiger partial charge in [0.15, 0.2) is 5.82 Å². The van der Waals surface area contributed by atoms with Crippen LogP contribution in [0.5, 0.6) is 5.75 Å². The summed E-state index contributed by atoms with van der Waals surface area (Å²) >= 11 is 0. The Bertz CT molecular complexity index is 997. The molecule has 1 atom stereocenters. The quantitative estimate of drug-likeness (QED) is 0.703. The summed E-state index contributed by atoms with van der Waals surface area (Å²) in [6.07, 6.45) is 0.645. The fourth-order valence-corrected chi connectivity index (χ4v) is 3.46. The number of fused-ring (bicyclic) bond motifs is 1. The summed E-state index contributed by atoms with van der Waals surface area (Å²) in [6.45, 7) is 4.43. The number of amides is 2. The van der Waals surface area contributed by atoms with Crippen molar-refractivity contribution in [3.63, 3.8) is 0 Å². The predicted molar refractivity (Wildman–Crippen MR) is 109 cm³/mol. The first kappa shape index (κ1) is 19.0. The van der Waals surface area contributed by atoms with Gasteiger partial charge in [-0.05, 0) is 29.3 Å². The first-order chi connectivity index (χ1) is 14.1. The topological polar surface area (TPSA) is 80.5 Å². The van der Waals surface area contributed by atoms with E-state index < -0.39 is 0 Å². The summed E-state index contributed by atoms with van der Waals surface area (Å²) in [4.78, 5) is 19.4. The Hall–Kier alpha value is -3.35. The van der Waals surface area contributed by atoms with Gasteiger partial charge in [0, 0.05) is 24.6 Å². The van der Waals surface area contributed by atoms with E-state index in [1.54, 1.807) is 12.0 Å². The minimum Gasteiger partial charge on any atom is -0.497 e. The van der Waals surface area contributed by atoms with E-state index in [0.29, 0.717) is 24.7 Å². The molecule has 2 heterocycles. The molecule has 0 spiro atoms. The molecule has 29 heavy (non-hydrogen) atoms. The second-order valence-corrected chi connectivity index (χ2v) is 7.37. The Kier molecular flexibility index (Phi) is 5.20. The first-order valence-electron chi connectivity index (χ1n) is 9.68. The smallest absolute Gasteiger partial charge is 0.322 e. The maximum Gasteiger partial charge on any atom is 0.322 e. The third-order valence-corrected chi connectivity index (χ3v) is 5.06. The molecule has 1 aliphatic rings. The zero-order valence-electron chi connectivity index (χ0n) is 16.8. The van der Waals surface area contributed by atoms with Gasteiger partial charge in [-0.1, -0.05) is 49.3 Å². The Morgan fingerprint density at radius 2 is 2.00 bits per heavy atom. The molecule has 1 aromatic heterocycles. The highest BCUT2D eigenvalue weighted by atomic mass is 16.5. The molecule has 0 aliphatic carbocycles. The van der Waals surface area contributed by atoms with Crippen LogP contribution in [0.15, 0.2) is 53.1 Å². The van der Waals surface area contributed by atoms with Crippen molar-refractivity contribution in [3.05, 3.63) is 71.4 Å². The lowest BCUT2D eigenvalue weighted by Gasteiger charge is -2.23. The molecule has 0 saturated carbocycles. The highest BCUT2D eigenvalue weighted by molar-refractivity contribution is 5.95. The van der Waals surface area contributed by atoms with E-state index in [1.165, 1.54) is 0 Å². The van der Waals surface area contributed by atoms with Crippen LogP contribution in [-0.4, -0.2) is 23.3 Å². The van der Waals surface area contributed by atoms with E-state index in [0.717, 1.165) is 22.6 Å². The number of nitrogens with one attached hydrogen (secondary N) is 1. The van der Waals surface area contributed by atoms with E-state index in [9.17, 15) is 4.79 Å². The number of anilines is 1. The lowest BCUT2D eigenvalue weighted by atomic mass is 10.1. The van der Waals surface area contributed by atoms with Gasteiger partial charge in [0.05, 0.1) is 7.11 Å². The Balaban J connectivity index is 1.55. The van der Waals surface area contributed by atoms with Crippen molar-refractivity contribution >= 4 is 11.7 Å². The largest absolute Gasteiger partial charge is 0.497 e. The summed E-state index contributed by atoms with van der Waals surface area (Å²) in [5.74, 6) is 2.05. The summed E-state index contributed by atoms with van der Waals surface area (Å²) in [5, 5.41) is 7.08. The monoisotopic (exact) mass is 392 g/mol. The molecule has 1 unspecified atom stereocenters. The molecular formula is C22H24N4O3. The second-order valence-electron chi connectivity index (χ2n) is 7.37. The molecule has 150 valence electrons. The van der Waals surface area contributed by atoms with E-state index in [1.807, 2.05) is 62.4 Å². The van der Waals surface area contributed by atoms with E-state index in [2.05, 4.69) is 15.5 Å². The van der Waals surface area contributed by atoms with Crippen molar-refractivity contribution in [2.75, 3.05) is 12.0 Å². The Labute approximate surface area is 169 Å². The third-order valence-electron chi connectivity index (χ3n) is 5.06. The third kappa shape index (κ3) is 3.81. The minimum absolute atomic E-state index is 0.161. The number of methoxy groups -OCH3 is 1. The molecule has 1 aliphatic heterocycles. The van der Waals surface area contributed by atoms with Crippen LogP contribution in [0.25, 0.3) is 0 Å². The van der Waals surface area contributed by atoms with Crippen LogP contribution in [0.2, 0.25) is 0 Å². The number of carbonyl (C=O) groups excluding carboxylic acids is 1. The van der Waals surface area contributed by atoms with Gasteiger partial charge in [-0.15, -0.1) is 0 Å². The normalized spacial score (nSPS) is 15.4. The van der Waals surface area contributed by atoms with Gasteiger partial charge >= 0.3 is 6.03 Å². The second kappa shape index (κ2) is 7.95. The molecular weight excluding hydrogens is 368 g/mol. The number of aromatic nitrogens is 2. The maximum atomic E-state index is 13.1. The van der Waals surface area contributed by atoms with Gasteiger partial charge in [0.25, 0.3) is 0 Å². The van der Waals surface area contributed by atoms with Crippen LogP contribution in [0.3, 0.4) is 0 Å². The number of urea groups is 1. The Morgan fingerprint density at radius 3 is 2.69 bits per heavy atom. The van der Waals surface area contributed by atoms with Gasteiger partial charge < -0.3 is 14.6 Å². The molecule has 2 amide bonds. The fourth-order valence-electron chi connectivity index (χ4n) is 3.46. The van der Waals surface area contributed by atoms with Crippen LogP contribution in [0.1, 0.15) is 48.6 Å². The first-order valence-corrected chi connectivity index (χ1v) is 9.68. The van der Waals surface area contributed by atoms with Crippen molar-refractivity contribution in [3.8, 4) is 5.75 Å². The van der Waals surface area contributed by atoms with E-state index >= 15 is 0 Å². The van der Waals surface area contributed by atoms with Gasteiger partial charge in [-0.3, -0.25) is 4.90 Å². The molecule has 0 fully saturated rings. The van der Waals surface area contributed by atoms with Gasteiger partial charge in [0.2, 0.25) is 5.89 Å². The number of hydrogen-bond donors (Lipinski definition) is 1. The van der Waals surface area contributed by atoms with Gasteiger partial charge in [0.1, 0.15) is 11.8 Å². The lowest BCUT2D eigenvalue weighted by Crippen LogP contribution is -2.40.